The summed E-state index contributed by atoms with van der Waals surface area (Å²) in [5.74, 6) is 1.62. The van der Waals surface area contributed by atoms with Gasteiger partial charge in [0.15, 0.2) is 5.78 Å². The van der Waals surface area contributed by atoms with Crippen LogP contribution in [0.3, 0.4) is 0 Å². The van der Waals surface area contributed by atoms with Gasteiger partial charge in [0.2, 0.25) is 0 Å². The predicted octanol–water partition coefficient (Wildman–Crippen LogP) is 3.24. The van der Waals surface area contributed by atoms with Crippen LogP contribution in [0, 0.1) is 5.92 Å². The molecule has 0 radical (unpaired) electrons. The van der Waals surface area contributed by atoms with Gasteiger partial charge in [-0.05, 0) is 24.8 Å². The molecule has 2 heterocycles. The summed E-state index contributed by atoms with van der Waals surface area (Å²) in [6, 6.07) is 5.55. The van der Waals surface area contributed by atoms with Crippen LogP contribution in [0.1, 0.15) is 46.9 Å². The van der Waals surface area contributed by atoms with Crippen LogP contribution >= 0.6 is 11.8 Å². The Balaban J connectivity index is 1.92. The van der Waals surface area contributed by atoms with E-state index in [0.717, 1.165) is 41.3 Å². The van der Waals surface area contributed by atoms with E-state index in [4.69, 9.17) is 0 Å². The molecule has 1 fully saturated rings. The Kier molecular flexibility index (Phi) is 3.83. The fraction of sp³-hybridized carbons (Fsp3) is 0.500. The van der Waals surface area contributed by atoms with Crippen molar-refractivity contribution in [2.45, 2.75) is 31.1 Å². The Morgan fingerprint density at radius 3 is 3.05 bits per heavy atom. The average Bonchev–Trinajstić information content (AvgIpc) is 2.46. The van der Waals surface area contributed by atoms with Crippen molar-refractivity contribution in [2.24, 2.45) is 5.92 Å². The molecule has 3 nitrogen and oxygen atoms in total. The summed E-state index contributed by atoms with van der Waals surface area (Å²) in [5, 5.41) is 0. The van der Waals surface area contributed by atoms with Gasteiger partial charge in [-0.15, -0.1) is 11.8 Å². The minimum absolute atomic E-state index is 0.0931. The fourth-order valence-electron chi connectivity index (χ4n) is 3.01. The van der Waals surface area contributed by atoms with Gasteiger partial charge in [0, 0.05) is 35.7 Å². The molecule has 0 aromatic heterocycles. The number of nitrogens with zero attached hydrogens (tertiary/aromatic N) is 1. The molecule has 1 saturated heterocycles. The summed E-state index contributed by atoms with van der Waals surface area (Å²) < 4.78 is 0. The number of Topliss-reactive ketones (excluding diaryl/α,β-unsaturated/α-hetero) is 1. The summed E-state index contributed by atoms with van der Waals surface area (Å²) in [5.41, 5.74) is 1.45. The van der Waals surface area contributed by atoms with Crippen LogP contribution in [0.5, 0.6) is 0 Å². The maximum atomic E-state index is 12.7. The van der Waals surface area contributed by atoms with E-state index in [1.54, 1.807) is 11.8 Å². The van der Waals surface area contributed by atoms with E-state index in [9.17, 15) is 9.59 Å². The van der Waals surface area contributed by atoms with Gasteiger partial charge in [0.1, 0.15) is 0 Å². The lowest BCUT2D eigenvalue weighted by atomic mass is 9.98. The number of amides is 1. The first-order valence-electron chi connectivity index (χ1n) is 7.25. The number of fused-ring (bicyclic) bond motifs is 1. The Bertz CT molecular complexity index is 555. The van der Waals surface area contributed by atoms with Crippen molar-refractivity contribution in [1.29, 1.82) is 0 Å². The average molecular weight is 289 g/mol. The first-order valence-corrected chi connectivity index (χ1v) is 8.23. The third-order valence-corrected chi connectivity index (χ3v) is 5.20. The third kappa shape index (κ3) is 2.49. The maximum Gasteiger partial charge on any atom is 0.255 e. The largest absolute Gasteiger partial charge is 0.338 e. The van der Waals surface area contributed by atoms with Crippen LogP contribution in [0.25, 0.3) is 0 Å². The van der Waals surface area contributed by atoms with E-state index >= 15 is 0 Å². The second-order valence-electron chi connectivity index (χ2n) is 5.70. The molecule has 1 amide bonds. The lowest BCUT2D eigenvalue weighted by Gasteiger charge is -2.32. The Labute approximate surface area is 123 Å². The number of carbonyl (C=O) groups excluding carboxylic acids is 2. The van der Waals surface area contributed by atoms with Crippen molar-refractivity contribution < 1.29 is 9.59 Å². The minimum atomic E-state index is 0.0931. The van der Waals surface area contributed by atoms with E-state index in [1.807, 2.05) is 23.1 Å². The van der Waals surface area contributed by atoms with E-state index in [-0.39, 0.29) is 11.7 Å². The molecule has 0 saturated carbocycles. The highest BCUT2D eigenvalue weighted by Crippen LogP contribution is 2.34. The second kappa shape index (κ2) is 5.60. The van der Waals surface area contributed by atoms with Gasteiger partial charge in [-0.3, -0.25) is 9.59 Å². The topological polar surface area (TPSA) is 37.4 Å². The summed E-state index contributed by atoms with van der Waals surface area (Å²) in [6.07, 6.45) is 2.86. The molecule has 0 aliphatic carbocycles. The Hall–Kier alpha value is -1.29. The number of hydrogen-bond acceptors (Lipinski definition) is 3. The van der Waals surface area contributed by atoms with Crippen molar-refractivity contribution in [3.8, 4) is 0 Å². The lowest BCUT2D eigenvalue weighted by molar-refractivity contribution is 0.0679. The number of thioether (sulfide) groups is 1. The number of ketones is 1. The van der Waals surface area contributed by atoms with Crippen LogP contribution in [-0.4, -0.2) is 35.4 Å². The molecule has 1 aromatic carbocycles. The number of carbonyl (C=O) groups is 2. The second-order valence-corrected chi connectivity index (χ2v) is 6.81. The minimum Gasteiger partial charge on any atom is -0.338 e. The normalized spacial score (nSPS) is 22.6. The molecule has 3 rings (SSSR count). The molecule has 1 aromatic rings. The molecule has 106 valence electrons. The van der Waals surface area contributed by atoms with E-state index < -0.39 is 0 Å². The standard InChI is InChI=1S/C16H19NO2S/c1-11-4-3-8-17(10-11)16(19)13-6-2-5-12-14(18)7-9-20-15(12)13/h2,5-6,11H,3-4,7-10H2,1H3. The number of benzene rings is 1. The van der Waals surface area contributed by atoms with Crippen LogP contribution in [0.15, 0.2) is 23.1 Å². The molecule has 1 unspecified atom stereocenters. The van der Waals surface area contributed by atoms with E-state index in [1.165, 1.54) is 6.42 Å². The first kappa shape index (κ1) is 13.7. The van der Waals surface area contributed by atoms with Crippen molar-refractivity contribution in [1.82, 2.24) is 4.90 Å². The fourth-order valence-corrected chi connectivity index (χ4v) is 4.14. The highest BCUT2D eigenvalue weighted by molar-refractivity contribution is 7.99. The summed E-state index contributed by atoms with van der Waals surface area (Å²) in [6.45, 7) is 3.87. The summed E-state index contributed by atoms with van der Waals surface area (Å²) in [4.78, 5) is 27.5. The number of piperidine rings is 1. The molecule has 0 N–H and O–H groups in total. The Morgan fingerprint density at radius 2 is 2.25 bits per heavy atom. The van der Waals surface area contributed by atoms with E-state index in [2.05, 4.69) is 6.92 Å². The molecule has 20 heavy (non-hydrogen) atoms. The Morgan fingerprint density at radius 1 is 1.40 bits per heavy atom. The van der Waals surface area contributed by atoms with Gasteiger partial charge in [0.25, 0.3) is 5.91 Å². The van der Waals surface area contributed by atoms with Gasteiger partial charge in [0.05, 0.1) is 5.56 Å². The molecular weight excluding hydrogens is 270 g/mol. The monoisotopic (exact) mass is 289 g/mol. The predicted molar refractivity (Wildman–Crippen MR) is 80.4 cm³/mol. The molecule has 2 aliphatic rings. The quantitative estimate of drug-likeness (QED) is 0.796. The molecule has 0 spiro atoms. The van der Waals surface area contributed by atoms with Crippen molar-refractivity contribution in [3.63, 3.8) is 0 Å². The van der Waals surface area contributed by atoms with E-state index in [0.29, 0.717) is 12.3 Å². The van der Waals surface area contributed by atoms with Crippen molar-refractivity contribution in [3.05, 3.63) is 29.3 Å². The SMILES string of the molecule is CC1CCCN(C(=O)c2cccc3c2SCCC3=O)C1. The highest BCUT2D eigenvalue weighted by atomic mass is 32.2. The van der Waals surface area contributed by atoms with Gasteiger partial charge in [-0.2, -0.15) is 0 Å². The lowest BCUT2D eigenvalue weighted by Crippen LogP contribution is -2.39. The zero-order chi connectivity index (χ0) is 14.1. The van der Waals surface area contributed by atoms with Crippen LogP contribution in [0.4, 0.5) is 0 Å². The van der Waals surface area contributed by atoms with Crippen LogP contribution < -0.4 is 0 Å². The van der Waals surface area contributed by atoms with Gasteiger partial charge >= 0.3 is 0 Å². The first-order chi connectivity index (χ1) is 9.66. The van der Waals surface area contributed by atoms with Gasteiger partial charge in [-0.1, -0.05) is 19.1 Å². The number of likely N-dealkylation sites (tertiary alicyclic amines) is 1. The molecular formula is C16H19NO2S. The molecule has 1 atom stereocenters. The third-order valence-electron chi connectivity index (χ3n) is 4.07. The summed E-state index contributed by atoms with van der Waals surface area (Å²) >= 11 is 1.64. The smallest absolute Gasteiger partial charge is 0.255 e. The van der Waals surface area contributed by atoms with Crippen molar-refractivity contribution in [2.75, 3.05) is 18.8 Å². The molecule has 0 bridgehead atoms. The molecule has 2 aliphatic heterocycles. The van der Waals surface area contributed by atoms with Crippen LogP contribution in [-0.2, 0) is 0 Å². The maximum absolute atomic E-state index is 12.7. The number of rotatable bonds is 1. The zero-order valence-corrected chi connectivity index (χ0v) is 12.5. The van der Waals surface area contributed by atoms with Crippen LogP contribution in [0.2, 0.25) is 0 Å². The zero-order valence-electron chi connectivity index (χ0n) is 11.7. The van der Waals surface area contributed by atoms with Crippen molar-refractivity contribution >= 4 is 23.5 Å². The number of hydrogen-bond donors (Lipinski definition) is 0. The van der Waals surface area contributed by atoms with Gasteiger partial charge < -0.3 is 4.90 Å². The highest BCUT2D eigenvalue weighted by Gasteiger charge is 2.27. The molecule has 4 heteroatoms. The summed E-state index contributed by atoms with van der Waals surface area (Å²) in [7, 11) is 0. The van der Waals surface area contributed by atoms with Gasteiger partial charge in [-0.25, -0.2) is 0 Å².